The first-order chi connectivity index (χ1) is 18.0. The SMILES string of the molecule is CC(=O)N(c1ccc(Cl)cc1)[C@@H]1CCN(C(=O)c2ccc(OCC(C)(C)C(=O)O)cc2)c2ccc(Cl)cc21. The zero-order valence-electron chi connectivity index (χ0n) is 21.3. The number of ether oxygens (including phenoxy) is 1. The molecule has 0 saturated heterocycles. The molecule has 0 saturated carbocycles. The van der Waals surface area contributed by atoms with Gasteiger partial charge in [-0.2, -0.15) is 0 Å². The summed E-state index contributed by atoms with van der Waals surface area (Å²) in [6.07, 6.45) is 0.507. The summed E-state index contributed by atoms with van der Waals surface area (Å²) in [6.45, 7) is 5.07. The summed E-state index contributed by atoms with van der Waals surface area (Å²) in [5.41, 5.74) is 1.58. The van der Waals surface area contributed by atoms with Gasteiger partial charge in [0.25, 0.3) is 5.91 Å². The number of halogens is 2. The Labute approximate surface area is 231 Å². The number of aliphatic carboxylic acids is 1. The standard InChI is InChI=1S/C29H28Cl2N2O5/c1-18(34)33(22-9-6-20(30)7-10-22)26-14-15-32(25-13-8-21(31)16-24(25)26)27(35)19-4-11-23(12-5-19)38-17-29(2,3)28(36)37/h4-13,16,26H,14-15,17H2,1-3H3,(H,36,37)/t26-/m1/s1. The van der Waals surface area contributed by atoms with Crippen LogP contribution in [0.5, 0.6) is 5.75 Å². The number of benzene rings is 3. The topological polar surface area (TPSA) is 87.2 Å². The Hall–Kier alpha value is -3.55. The van der Waals surface area contributed by atoms with Crippen LogP contribution in [0.15, 0.2) is 66.7 Å². The molecule has 0 radical (unpaired) electrons. The van der Waals surface area contributed by atoms with Crippen molar-refractivity contribution in [3.8, 4) is 5.75 Å². The molecule has 9 heteroatoms. The normalized spacial score (nSPS) is 15.0. The van der Waals surface area contributed by atoms with Gasteiger partial charge in [-0.05, 0) is 87.0 Å². The number of hydrogen-bond donors (Lipinski definition) is 1. The molecule has 1 aliphatic rings. The van der Waals surface area contributed by atoms with Gasteiger partial charge in [0, 0.05) is 46.0 Å². The summed E-state index contributed by atoms with van der Waals surface area (Å²) in [5.74, 6) is -0.817. The van der Waals surface area contributed by atoms with Crippen molar-refractivity contribution in [1.29, 1.82) is 0 Å². The zero-order valence-corrected chi connectivity index (χ0v) is 22.8. The number of fused-ring (bicyclic) bond motifs is 1. The third-order valence-corrected chi connectivity index (χ3v) is 7.03. The van der Waals surface area contributed by atoms with E-state index in [1.165, 1.54) is 6.92 Å². The van der Waals surface area contributed by atoms with E-state index in [0.29, 0.717) is 45.7 Å². The van der Waals surface area contributed by atoms with Crippen molar-refractivity contribution in [3.05, 3.63) is 87.9 Å². The van der Waals surface area contributed by atoms with Gasteiger partial charge in [0.2, 0.25) is 5.91 Å². The van der Waals surface area contributed by atoms with Crippen LogP contribution >= 0.6 is 23.2 Å². The van der Waals surface area contributed by atoms with Crippen LogP contribution in [0.2, 0.25) is 10.0 Å². The molecule has 0 unspecified atom stereocenters. The predicted octanol–water partition coefficient (Wildman–Crippen LogP) is 6.63. The molecule has 198 valence electrons. The van der Waals surface area contributed by atoms with Crippen molar-refractivity contribution < 1.29 is 24.2 Å². The molecule has 1 atom stereocenters. The summed E-state index contributed by atoms with van der Waals surface area (Å²) in [6, 6.07) is 18.7. The summed E-state index contributed by atoms with van der Waals surface area (Å²) in [7, 11) is 0. The van der Waals surface area contributed by atoms with E-state index in [0.717, 1.165) is 5.56 Å². The lowest BCUT2D eigenvalue weighted by atomic mass is 9.93. The van der Waals surface area contributed by atoms with E-state index in [1.54, 1.807) is 90.4 Å². The highest BCUT2D eigenvalue weighted by atomic mass is 35.5. The van der Waals surface area contributed by atoms with E-state index in [4.69, 9.17) is 27.9 Å². The van der Waals surface area contributed by atoms with Crippen LogP contribution in [0.4, 0.5) is 11.4 Å². The van der Waals surface area contributed by atoms with E-state index in [2.05, 4.69) is 0 Å². The number of nitrogens with zero attached hydrogens (tertiary/aromatic N) is 2. The van der Waals surface area contributed by atoms with Gasteiger partial charge in [-0.1, -0.05) is 23.2 Å². The van der Waals surface area contributed by atoms with Gasteiger partial charge in [-0.3, -0.25) is 14.4 Å². The van der Waals surface area contributed by atoms with Gasteiger partial charge >= 0.3 is 5.97 Å². The Morgan fingerprint density at radius 1 is 1.00 bits per heavy atom. The maximum Gasteiger partial charge on any atom is 0.312 e. The predicted molar refractivity (Wildman–Crippen MR) is 148 cm³/mol. The molecular formula is C29H28Cl2N2O5. The Kier molecular flexibility index (Phi) is 7.99. The first kappa shape index (κ1) is 27.5. The highest BCUT2D eigenvalue weighted by Gasteiger charge is 2.35. The number of amides is 2. The lowest BCUT2D eigenvalue weighted by Gasteiger charge is -2.40. The zero-order chi connectivity index (χ0) is 27.6. The second kappa shape index (κ2) is 11.1. The minimum absolute atomic E-state index is 0.00244. The van der Waals surface area contributed by atoms with E-state index in [1.807, 2.05) is 0 Å². The van der Waals surface area contributed by atoms with Crippen molar-refractivity contribution in [2.24, 2.45) is 5.41 Å². The van der Waals surface area contributed by atoms with Gasteiger partial charge in [0.05, 0.1) is 11.5 Å². The molecule has 1 N–H and O–H groups in total. The van der Waals surface area contributed by atoms with Gasteiger partial charge in [-0.15, -0.1) is 0 Å². The van der Waals surface area contributed by atoms with Crippen LogP contribution in [0.1, 0.15) is 49.2 Å². The molecule has 3 aromatic rings. The van der Waals surface area contributed by atoms with E-state index >= 15 is 0 Å². The van der Waals surface area contributed by atoms with Crippen LogP contribution in [0.3, 0.4) is 0 Å². The van der Waals surface area contributed by atoms with Gasteiger partial charge in [-0.25, -0.2) is 0 Å². The summed E-state index contributed by atoms with van der Waals surface area (Å²) in [4.78, 5) is 41.0. The Bertz CT molecular complexity index is 1360. The first-order valence-electron chi connectivity index (χ1n) is 12.1. The number of rotatable bonds is 7. The molecule has 3 aromatic carbocycles. The fourth-order valence-corrected chi connectivity index (χ4v) is 4.71. The van der Waals surface area contributed by atoms with Crippen molar-refractivity contribution >= 4 is 52.4 Å². The smallest absolute Gasteiger partial charge is 0.312 e. The Morgan fingerprint density at radius 2 is 1.63 bits per heavy atom. The molecule has 0 fully saturated rings. The fraction of sp³-hybridized carbons (Fsp3) is 0.276. The summed E-state index contributed by atoms with van der Waals surface area (Å²) < 4.78 is 5.63. The highest BCUT2D eigenvalue weighted by molar-refractivity contribution is 6.31. The lowest BCUT2D eigenvalue weighted by Crippen LogP contribution is -2.42. The average molecular weight is 555 g/mol. The van der Waals surface area contributed by atoms with E-state index in [9.17, 15) is 19.5 Å². The van der Waals surface area contributed by atoms with Crippen LogP contribution < -0.4 is 14.5 Å². The van der Waals surface area contributed by atoms with Gasteiger partial charge in [0.1, 0.15) is 12.4 Å². The second-order valence-electron chi connectivity index (χ2n) is 9.83. The number of carboxylic acid groups (broad SMARTS) is 1. The largest absolute Gasteiger partial charge is 0.492 e. The molecule has 38 heavy (non-hydrogen) atoms. The van der Waals surface area contributed by atoms with E-state index in [-0.39, 0.29) is 24.5 Å². The Balaban J connectivity index is 1.60. The van der Waals surface area contributed by atoms with Crippen molar-refractivity contribution in [2.75, 3.05) is 23.0 Å². The molecular weight excluding hydrogens is 527 g/mol. The van der Waals surface area contributed by atoms with Crippen LogP contribution in [-0.2, 0) is 9.59 Å². The minimum atomic E-state index is -1.04. The first-order valence-corrected chi connectivity index (χ1v) is 12.9. The van der Waals surface area contributed by atoms with Crippen molar-refractivity contribution in [3.63, 3.8) is 0 Å². The number of carbonyl (C=O) groups excluding carboxylic acids is 2. The number of hydrogen-bond acceptors (Lipinski definition) is 4. The van der Waals surface area contributed by atoms with Crippen LogP contribution in [-0.4, -0.2) is 36.0 Å². The van der Waals surface area contributed by atoms with Gasteiger partial charge in [0.15, 0.2) is 0 Å². The molecule has 0 aliphatic carbocycles. The quantitative estimate of drug-likeness (QED) is 0.354. The summed E-state index contributed by atoms with van der Waals surface area (Å²) >= 11 is 12.4. The second-order valence-corrected chi connectivity index (χ2v) is 10.7. The molecule has 1 aliphatic heterocycles. The maximum atomic E-state index is 13.6. The minimum Gasteiger partial charge on any atom is -0.492 e. The summed E-state index contributed by atoms with van der Waals surface area (Å²) in [5, 5.41) is 10.4. The maximum absolute atomic E-state index is 13.6. The van der Waals surface area contributed by atoms with Crippen molar-refractivity contribution in [2.45, 2.75) is 33.2 Å². The Morgan fingerprint density at radius 3 is 2.24 bits per heavy atom. The van der Waals surface area contributed by atoms with Crippen LogP contribution in [0, 0.1) is 5.41 Å². The molecule has 0 aromatic heterocycles. The number of anilines is 2. The van der Waals surface area contributed by atoms with Gasteiger partial charge < -0.3 is 19.6 Å². The third-order valence-electron chi connectivity index (χ3n) is 6.55. The third kappa shape index (κ3) is 5.79. The number of carboxylic acids is 1. The molecule has 2 amide bonds. The molecule has 1 heterocycles. The van der Waals surface area contributed by atoms with E-state index < -0.39 is 11.4 Å². The lowest BCUT2D eigenvalue weighted by molar-refractivity contribution is -0.148. The molecule has 7 nitrogen and oxygen atoms in total. The monoisotopic (exact) mass is 554 g/mol. The molecule has 0 spiro atoms. The molecule has 0 bridgehead atoms. The average Bonchev–Trinajstić information content (AvgIpc) is 2.88. The number of carbonyl (C=O) groups is 3. The highest BCUT2D eigenvalue weighted by Crippen LogP contribution is 2.41. The van der Waals surface area contributed by atoms with Crippen molar-refractivity contribution in [1.82, 2.24) is 0 Å². The fourth-order valence-electron chi connectivity index (χ4n) is 4.40. The van der Waals surface area contributed by atoms with Crippen LogP contribution in [0.25, 0.3) is 0 Å². The molecule has 4 rings (SSSR count).